The lowest BCUT2D eigenvalue weighted by Gasteiger charge is -2.27. The van der Waals surface area contributed by atoms with E-state index in [1.165, 1.54) is 48.5 Å². The van der Waals surface area contributed by atoms with E-state index in [2.05, 4.69) is 23.7 Å². The molecule has 18 heteroatoms. The molecule has 4 aliphatic rings. The second-order valence-electron chi connectivity index (χ2n) is 18.9. The highest BCUT2D eigenvalue weighted by Crippen LogP contribution is 2.51. The number of nitrogens with zero attached hydrogens (tertiary/aromatic N) is 2. The first-order valence-electron chi connectivity index (χ1n) is 23.5. The van der Waals surface area contributed by atoms with E-state index in [9.17, 15) is 55.9 Å². The van der Waals surface area contributed by atoms with Crippen LogP contribution in [0.25, 0.3) is 33.4 Å². The molecule has 1 amide bonds. The number of thiol groups is 1. The molecule has 0 atom stereocenters. The largest absolute Gasteiger partial charge is 0.508 e. The van der Waals surface area contributed by atoms with E-state index in [4.69, 9.17) is 4.42 Å². The van der Waals surface area contributed by atoms with E-state index < -0.39 is 49.0 Å². The lowest BCUT2D eigenvalue weighted by Crippen LogP contribution is -2.28. The van der Waals surface area contributed by atoms with Crippen LogP contribution in [-0.2, 0) is 43.0 Å². The van der Waals surface area contributed by atoms with Gasteiger partial charge in [-0.25, -0.2) is 18.0 Å². The van der Waals surface area contributed by atoms with Gasteiger partial charge in [0.2, 0.25) is 11.6 Å². The number of para-hydroxylation sites is 1. The number of phenolic OH excluding ortho intramolecular Hbond substituents is 1. The van der Waals surface area contributed by atoms with Gasteiger partial charge in [0, 0.05) is 64.4 Å². The zero-order chi connectivity index (χ0) is 52.7. The molecule has 8 rings (SSSR count). The lowest BCUT2D eigenvalue weighted by molar-refractivity contribution is -0.433. The second kappa shape index (κ2) is 20.1. The molecular weight excluding hydrogens is 975 g/mol. The van der Waals surface area contributed by atoms with Gasteiger partial charge >= 0.3 is 11.9 Å². The van der Waals surface area contributed by atoms with Crippen LogP contribution in [0.3, 0.4) is 0 Å². The molecule has 378 valence electrons. The third-order valence-corrected chi connectivity index (χ3v) is 15.3. The van der Waals surface area contributed by atoms with Crippen LogP contribution in [0.15, 0.2) is 140 Å². The first kappa shape index (κ1) is 51.7. The fourth-order valence-electron chi connectivity index (χ4n) is 10.1. The summed E-state index contributed by atoms with van der Waals surface area (Å²) in [5.74, 6) is -3.22. The summed E-state index contributed by atoms with van der Waals surface area (Å²) in [6, 6.07) is 20.6. The number of aromatic carboxylic acids is 2. The Morgan fingerprint density at radius 2 is 1.59 bits per heavy atom. The van der Waals surface area contributed by atoms with Gasteiger partial charge in [0.1, 0.15) is 28.5 Å². The fourth-order valence-corrected chi connectivity index (χ4v) is 11.3. The van der Waals surface area contributed by atoms with Crippen LogP contribution in [0.2, 0.25) is 0 Å². The highest BCUT2D eigenvalue weighted by molar-refractivity contribution is 7.86. The first-order valence-corrected chi connectivity index (χ1v) is 26.1. The number of carbonyl (C=O) groups excluding carboxylic acids is 1. The van der Waals surface area contributed by atoms with E-state index in [-0.39, 0.29) is 68.0 Å². The van der Waals surface area contributed by atoms with Gasteiger partial charge in [-0.2, -0.15) is 13.0 Å². The van der Waals surface area contributed by atoms with E-state index in [0.29, 0.717) is 60.1 Å². The van der Waals surface area contributed by atoms with Crippen LogP contribution >= 0.6 is 0 Å². The molecule has 4 aromatic carbocycles. The van der Waals surface area contributed by atoms with Crippen LogP contribution < -0.4 is 15.6 Å². The number of aromatic hydroxyl groups is 1. The Morgan fingerprint density at radius 1 is 0.836 bits per heavy atom. The standard InChI is InChI=1S/C55H53N3O13S2/c1-6-57-42-25-21-34(72(66)67)30-41(42)55(4,5)46(57)16-9-7-10-17-47-54(2,3)40-14-13-15-45(73(68,69)70)50(40)58(47)27-12-8-11-18-48(61)56-31-39-43(60)26-24-37-49(36-23-20-33(59)29-44(36)71-51(37)39)35-22-19-32(52(62)63)28-38(35)53(64)65/h7,9-10,13-17,19-26,28-30,72H,6,8,11-12,18,27,31H2,1-5H3,(H4-,56,59,60,61,62,63,64,65,68,69,70)/p+1. The predicted octanol–water partition coefficient (Wildman–Crippen LogP) is 8.95. The third kappa shape index (κ3) is 9.84. The minimum absolute atomic E-state index is 0.0371. The number of fused-ring (bicyclic) bond motifs is 4. The summed E-state index contributed by atoms with van der Waals surface area (Å²) < 4.78 is 67.9. The van der Waals surface area contributed by atoms with Gasteiger partial charge in [-0.15, -0.1) is 0 Å². The van der Waals surface area contributed by atoms with Crippen molar-refractivity contribution in [2.45, 2.75) is 87.5 Å². The summed E-state index contributed by atoms with van der Waals surface area (Å²) in [5.41, 5.74) is 3.48. The molecule has 0 fully saturated rings. The van der Waals surface area contributed by atoms with Gasteiger partial charge < -0.3 is 30.0 Å². The van der Waals surface area contributed by atoms with Crippen molar-refractivity contribution >= 4 is 66.7 Å². The molecular formula is C55H54N3O13S2+. The Morgan fingerprint density at radius 3 is 2.29 bits per heavy atom. The van der Waals surface area contributed by atoms with Gasteiger partial charge in [0.15, 0.2) is 21.8 Å². The minimum Gasteiger partial charge on any atom is -0.508 e. The number of amides is 1. The Bertz CT molecular complexity index is 3630. The molecule has 3 aliphatic heterocycles. The Labute approximate surface area is 423 Å². The van der Waals surface area contributed by atoms with E-state index in [1.54, 1.807) is 18.2 Å². The topological polar surface area (TPSA) is 249 Å². The maximum atomic E-state index is 13.4. The van der Waals surface area contributed by atoms with Gasteiger partial charge in [0.05, 0.1) is 39.2 Å². The van der Waals surface area contributed by atoms with Crippen molar-refractivity contribution in [2.75, 3.05) is 18.0 Å². The second-order valence-corrected chi connectivity index (χ2v) is 21.4. The summed E-state index contributed by atoms with van der Waals surface area (Å²) in [5, 5.41) is 33.3. The van der Waals surface area contributed by atoms with Crippen LogP contribution in [0, 0.1) is 0 Å². The van der Waals surface area contributed by atoms with Crippen molar-refractivity contribution in [1.82, 2.24) is 5.32 Å². The average molecular weight is 1030 g/mol. The van der Waals surface area contributed by atoms with Gasteiger partial charge in [0.25, 0.3) is 10.1 Å². The van der Waals surface area contributed by atoms with Crippen LogP contribution in [0.5, 0.6) is 5.75 Å². The number of carboxylic acids is 2. The van der Waals surface area contributed by atoms with Crippen molar-refractivity contribution in [2.24, 2.45) is 0 Å². The number of rotatable bonds is 17. The van der Waals surface area contributed by atoms with Crippen molar-refractivity contribution < 1.29 is 60.1 Å². The summed E-state index contributed by atoms with van der Waals surface area (Å²) in [6.07, 6.45) is 11.1. The summed E-state index contributed by atoms with van der Waals surface area (Å²) in [4.78, 5) is 53.0. The van der Waals surface area contributed by atoms with E-state index in [1.807, 2.05) is 68.2 Å². The molecule has 16 nitrogen and oxygen atoms in total. The van der Waals surface area contributed by atoms with Gasteiger partial charge in [-0.05, 0) is 105 Å². The molecule has 0 aromatic heterocycles. The smallest absolute Gasteiger partial charge is 0.336 e. The van der Waals surface area contributed by atoms with Crippen molar-refractivity contribution in [3.63, 3.8) is 0 Å². The zero-order valence-electron chi connectivity index (χ0n) is 40.6. The molecule has 0 bridgehead atoms. The van der Waals surface area contributed by atoms with Crippen LogP contribution in [0.1, 0.15) is 97.7 Å². The fraction of sp³-hybridized carbons (Fsp3) is 0.255. The third-order valence-electron chi connectivity index (χ3n) is 13.7. The molecule has 0 spiro atoms. The zero-order valence-corrected chi connectivity index (χ0v) is 42.3. The number of carbonyl (C=O) groups is 3. The Balaban J connectivity index is 0.981. The summed E-state index contributed by atoms with van der Waals surface area (Å²) in [6.45, 7) is 10.9. The lowest BCUT2D eigenvalue weighted by atomic mass is 9.81. The minimum atomic E-state index is -4.63. The van der Waals surface area contributed by atoms with Crippen molar-refractivity contribution in [3.05, 3.63) is 159 Å². The summed E-state index contributed by atoms with van der Waals surface area (Å²) in [7, 11) is -7.37. The quantitative estimate of drug-likeness (QED) is 0.0125. The highest BCUT2D eigenvalue weighted by atomic mass is 32.2. The highest BCUT2D eigenvalue weighted by Gasteiger charge is 2.45. The van der Waals surface area contributed by atoms with E-state index in [0.717, 1.165) is 28.7 Å². The molecule has 3 heterocycles. The van der Waals surface area contributed by atoms with E-state index >= 15 is 0 Å². The monoisotopic (exact) mass is 1030 g/mol. The molecule has 0 unspecified atom stereocenters. The molecule has 1 aliphatic carbocycles. The predicted molar refractivity (Wildman–Crippen MR) is 277 cm³/mol. The number of nitrogens with one attached hydrogen (secondary N) is 1. The number of phenols is 1. The van der Waals surface area contributed by atoms with Crippen LogP contribution in [-0.4, -0.2) is 77.9 Å². The summed E-state index contributed by atoms with van der Waals surface area (Å²) >= 11 is 0. The molecule has 5 N–H and O–H groups in total. The van der Waals surface area contributed by atoms with Crippen molar-refractivity contribution in [3.8, 4) is 28.2 Å². The molecule has 0 saturated carbocycles. The normalized spacial score (nSPS) is 15.6. The number of unbranched alkanes of at least 4 members (excludes halogenated alkanes) is 2. The number of carboxylic acid groups (broad SMARTS) is 2. The number of hydrogen-bond acceptors (Lipinski definition) is 11. The van der Waals surface area contributed by atoms with Gasteiger partial charge in [-0.3, -0.25) is 14.1 Å². The number of anilines is 1. The first-order chi connectivity index (χ1) is 34.6. The SMILES string of the molecule is CC[N+]1=C(/C=C/C=C/C=C2/N(CCCCCC(=O)NCc3c4oc5cc(O)ccc5c(-c5ccc(C(=O)O)cc5C(=O)O)c-4ccc3=O)c3c(cccc3S(=O)(=O)O)C2(C)C)C(C)(C)c2cc([SH](=O)=O)ccc21. The average Bonchev–Trinajstić information content (AvgIpc) is 3.69. The maximum Gasteiger partial charge on any atom is 0.336 e. The van der Waals surface area contributed by atoms with Crippen molar-refractivity contribution in [1.29, 1.82) is 0 Å². The van der Waals surface area contributed by atoms with Gasteiger partial charge in [-0.1, -0.05) is 56.7 Å². The molecule has 0 saturated heterocycles. The number of hydrogen-bond donors (Lipinski definition) is 6. The molecule has 73 heavy (non-hydrogen) atoms. The molecule has 0 radical (unpaired) electrons. The Kier molecular flexibility index (Phi) is 14.2. The maximum absolute atomic E-state index is 13.4. The number of benzene rings is 5. The number of allylic oxidation sites excluding steroid dienone is 6. The Hall–Kier alpha value is -7.67. The van der Waals surface area contributed by atoms with Crippen LogP contribution in [0.4, 0.5) is 11.4 Å². The molecule has 4 aromatic rings.